The summed E-state index contributed by atoms with van der Waals surface area (Å²) >= 11 is 12.5. The lowest BCUT2D eigenvalue weighted by Gasteiger charge is -2.13. The fraction of sp³-hybridized carbons (Fsp3) is 0.148. The molecule has 0 fully saturated rings. The molecule has 0 aliphatic carbocycles. The number of anilines is 1. The quantitative estimate of drug-likeness (QED) is 0.142. The molecular weight excluding hydrogens is 565 g/mol. The van der Waals surface area contributed by atoms with Crippen LogP contribution in [0.2, 0.25) is 10.0 Å². The molecule has 0 radical (unpaired) electrons. The Morgan fingerprint density at radius 3 is 2.44 bits per heavy atom. The number of hydrogen-bond acceptors (Lipinski definition) is 7. The number of fused-ring (bicyclic) bond motifs is 1. The minimum Gasteiger partial charge on any atom is -0.505 e. The highest BCUT2D eigenvalue weighted by Gasteiger charge is 2.23. The first kappa shape index (κ1) is 28.3. The predicted molar refractivity (Wildman–Crippen MR) is 151 cm³/mol. The largest absolute Gasteiger partial charge is 0.505 e. The third-order valence-corrected chi connectivity index (χ3v) is 7.58. The van der Waals surface area contributed by atoms with Gasteiger partial charge in [0, 0.05) is 11.5 Å². The molecule has 0 heterocycles. The summed E-state index contributed by atoms with van der Waals surface area (Å²) in [4.78, 5) is 12.6. The Labute approximate surface area is 234 Å². The normalized spacial score (nSPS) is 11.7. The number of carbonyl (C=O) groups excluding carboxylic acids is 1. The molecule has 202 valence electrons. The Morgan fingerprint density at radius 1 is 1.03 bits per heavy atom. The van der Waals surface area contributed by atoms with Crippen LogP contribution in [0.25, 0.3) is 10.8 Å². The maximum atomic E-state index is 13.2. The van der Waals surface area contributed by atoms with E-state index in [2.05, 4.69) is 15.5 Å². The van der Waals surface area contributed by atoms with Gasteiger partial charge in [-0.25, -0.2) is 0 Å². The summed E-state index contributed by atoms with van der Waals surface area (Å²) < 4.78 is 39.4. The molecule has 4 aromatic carbocycles. The number of aromatic hydroxyl groups is 1. The van der Waals surface area contributed by atoms with Gasteiger partial charge in [0.1, 0.15) is 22.0 Å². The molecule has 9 nitrogen and oxygen atoms in total. The number of nitrogens with zero attached hydrogens (tertiary/aromatic N) is 2. The van der Waals surface area contributed by atoms with Crippen LogP contribution in [-0.2, 0) is 16.5 Å². The summed E-state index contributed by atoms with van der Waals surface area (Å²) in [5.41, 5.74) is 0.335. The predicted octanol–water partition coefficient (Wildman–Crippen LogP) is 7.73. The van der Waals surface area contributed by atoms with Crippen molar-refractivity contribution < 1.29 is 27.6 Å². The van der Waals surface area contributed by atoms with Crippen LogP contribution in [0.5, 0.6) is 11.5 Å². The van der Waals surface area contributed by atoms with E-state index in [-0.39, 0.29) is 27.0 Å². The van der Waals surface area contributed by atoms with Crippen molar-refractivity contribution in [1.82, 2.24) is 0 Å². The number of phenols is 1. The molecule has 0 atom stereocenters. The molecule has 0 unspecified atom stereocenters. The lowest BCUT2D eigenvalue weighted by molar-refractivity contribution is 0.102. The SMILES string of the molecule is CCOc1ccc(NC(=O)c2cc3ccccc3c(N=Nc3ccc(CC)c(Cl)c3S(=O)(=O)O)c2O)c(Cl)c1. The second-order valence-corrected chi connectivity index (χ2v) is 10.4. The molecule has 0 bridgehead atoms. The van der Waals surface area contributed by atoms with Gasteiger partial charge < -0.3 is 15.2 Å². The highest BCUT2D eigenvalue weighted by Crippen LogP contribution is 2.41. The van der Waals surface area contributed by atoms with E-state index in [1.165, 1.54) is 12.1 Å². The topological polar surface area (TPSA) is 138 Å². The molecule has 4 aromatic rings. The monoisotopic (exact) mass is 587 g/mol. The average Bonchev–Trinajstić information content (AvgIpc) is 2.88. The number of azo groups is 1. The smallest absolute Gasteiger partial charge is 0.298 e. The van der Waals surface area contributed by atoms with Crippen molar-refractivity contribution in [3.05, 3.63) is 81.8 Å². The van der Waals surface area contributed by atoms with Gasteiger partial charge in [0.15, 0.2) is 5.75 Å². The Kier molecular flexibility index (Phi) is 8.41. The maximum Gasteiger partial charge on any atom is 0.298 e. The molecule has 4 rings (SSSR count). The van der Waals surface area contributed by atoms with Crippen LogP contribution in [0.3, 0.4) is 0 Å². The van der Waals surface area contributed by atoms with Gasteiger partial charge in [0.2, 0.25) is 0 Å². The van der Waals surface area contributed by atoms with E-state index in [0.717, 1.165) is 0 Å². The Morgan fingerprint density at radius 2 is 1.77 bits per heavy atom. The van der Waals surface area contributed by atoms with Gasteiger partial charge in [0.25, 0.3) is 16.0 Å². The Hall–Kier alpha value is -3.70. The van der Waals surface area contributed by atoms with Gasteiger partial charge in [-0.05, 0) is 48.6 Å². The number of benzene rings is 4. The van der Waals surface area contributed by atoms with Crippen LogP contribution >= 0.6 is 23.2 Å². The number of phenolic OH excluding ortho intramolecular Hbond substituents is 1. The van der Waals surface area contributed by atoms with E-state index in [1.54, 1.807) is 55.5 Å². The lowest BCUT2D eigenvalue weighted by atomic mass is 10.0. The molecule has 0 saturated carbocycles. The summed E-state index contributed by atoms with van der Waals surface area (Å²) in [6.07, 6.45) is 0.416. The van der Waals surface area contributed by atoms with Gasteiger partial charge >= 0.3 is 0 Å². The number of halogens is 2. The average molecular weight is 588 g/mol. The van der Waals surface area contributed by atoms with Crippen molar-refractivity contribution in [2.75, 3.05) is 11.9 Å². The first-order valence-corrected chi connectivity index (χ1v) is 13.9. The van der Waals surface area contributed by atoms with E-state index >= 15 is 0 Å². The van der Waals surface area contributed by atoms with E-state index < -0.39 is 26.7 Å². The Bertz CT molecular complexity index is 1720. The molecule has 39 heavy (non-hydrogen) atoms. The number of ether oxygens (including phenoxy) is 1. The fourth-order valence-corrected chi connectivity index (χ4v) is 5.46. The van der Waals surface area contributed by atoms with Gasteiger partial charge in [-0.2, -0.15) is 8.42 Å². The lowest BCUT2D eigenvalue weighted by Crippen LogP contribution is -2.12. The number of aryl methyl sites for hydroxylation is 1. The number of hydrogen-bond donors (Lipinski definition) is 3. The van der Waals surface area contributed by atoms with E-state index in [0.29, 0.717) is 40.8 Å². The molecule has 0 aliphatic heterocycles. The highest BCUT2D eigenvalue weighted by molar-refractivity contribution is 7.86. The second kappa shape index (κ2) is 11.6. The van der Waals surface area contributed by atoms with E-state index in [4.69, 9.17) is 27.9 Å². The van der Waals surface area contributed by atoms with Crippen molar-refractivity contribution in [3.63, 3.8) is 0 Å². The first-order valence-electron chi connectivity index (χ1n) is 11.7. The number of carbonyl (C=O) groups is 1. The summed E-state index contributed by atoms with van der Waals surface area (Å²) in [7, 11) is -4.75. The highest BCUT2D eigenvalue weighted by atomic mass is 35.5. The summed E-state index contributed by atoms with van der Waals surface area (Å²) in [6, 6.07) is 16.0. The van der Waals surface area contributed by atoms with Gasteiger partial charge in [-0.3, -0.25) is 9.35 Å². The van der Waals surface area contributed by atoms with Crippen molar-refractivity contribution in [3.8, 4) is 11.5 Å². The zero-order chi connectivity index (χ0) is 28.3. The molecule has 12 heteroatoms. The minimum absolute atomic E-state index is 0.0898. The fourth-order valence-electron chi connectivity index (χ4n) is 3.92. The molecule has 0 aliphatic rings. The summed E-state index contributed by atoms with van der Waals surface area (Å²) in [6.45, 7) is 4.06. The van der Waals surface area contributed by atoms with E-state index in [9.17, 15) is 22.9 Å². The molecular formula is C27H23Cl2N3O6S. The minimum atomic E-state index is -4.75. The van der Waals surface area contributed by atoms with Crippen LogP contribution in [0.15, 0.2) is 75.8 Å². The number of nitrogens with one attached hydrogen (secondary N) is 1. The summed E-state index contributed by atoms with van der Waals surface area (Å²) in [5.74, 6) is -0.635. The van der Waals surface area contributed by atoms with Crippen LogP contribution in [0.1, 0.15) is 29.8 Å². The second-order valence-electron chi connectivity index (χ2n) is 8.29. The molecule has 0 saturated heterocycles. The summed E-state index contributed by atoms with van der Waals surface area (Å²) in [5, 5.41) is 22.9. The molecule has 1 amide bonds. The number of rotatable bonds is 8. The standard InChI is InChI=1S/C27H23Cl2N3O6S/c1-3-15-9-11-22(26(23(15)29)39(35,36)37)31-32-24-18-8-6-5-7-16(18)13-19(25(24)33)27(34)30-21-12-10-17(38-4-2)14-20(21)28/h5-14,33H,3-4H2,1-2H3,(H,30,34)(H,35,36,37). The van der Waals surface area contributed by atoms with Crippen molar-refractivity contribution in [2.24, 2.45) is 10.2 Å². The van der Waals surface area contributed by atoms with Crippen molar-refractivity contribution in [1.29, 1.82) is 0 Å². The van der Waals surface area contributed by atoms with Gasteiger partial charge in [0.05, 0.1) is 27.9 Å². The van der Waals surface area contributed by atoms with Crippen LogP contribution in [0.4, 0.5) is 17.1 Å². The van der Waals surface area contributed by atoms with Crippen LogP contribution in [0, 0.1) is 0 Å². The van der Waals surface area contributed by atoms with Crippen LogP contribution < -0.4 is 10.1 Å². The Balaban J connectivity index is 1.80. The van der Waals surface area contributed by atoms with Crippen molar-refractivity contribution in [2.45, 2.75) is 25.2 Å². The first-order chi connectivity index (χ1) is 18.5. The molecule has 0 aromatic heterocycles. The van der Waals surface area contributed by atoms with E-state index in [1.807, 2.05) is 6.92 Å². The third kappa shape index (κ3) is 5.99. The van der Waals surface area contributed by atoms with Crippen LogP contribution in [-0.4, -0.2) is 30.6 Å². The zero-order valence-electron chi connectivity index (χ0n) is 20.8. The number of amides is 1. The van der Waals surface area contributed by atoms with Gasteiger partial charge in [-0.15, -0.1) is 10.2 Å². The van der Waals surface area contributed by atoms with Crippen molar-refractivity contribution >= 4 is 67.1 Å². The molecule has 0 spiro atoms. The zero-order valence-corrected chi connectivity index (χ0v) is 23.1. The molecule has 3 N–H and O–H groups in total. The van der Waals surface area contributed by atoms with Gasteiger partial charge in [-0.1, -0.05) is 60.5 Å². The third-order valence-electron chi connectivity index (χ3n) is 5.79. The maximum absolute atomic E-state index is 13.2.